The van der Waals surface area contributed by atoms with Crippen LogP contribution < -0.4 is 10.6 Å². The van der Waals surface area contributed by atoms with E-state index in [-0.39, 0.29) is 17.9 Å². The molecule has 1 fully saturated rings. The number of urea groups is 1. The summed E-state index contributed by atoms with van der Waals surface area (Å²) in [7, 11) is 0. The number of anilines is 1. The molecule has 0 spiro atoms. The van der Waals surface area contributed by atoms with Gasteiger partial charge in [0.1, 0.15) is 0 Å². The Kier molecular flexibility index (Phi) is 6.23. The first-order chi connectivity index (χ1) is 11.4. The Hall–Kier alpha value is -2.04. The average Bonchev–Trinajstić information content (AvgIpc) is 2.56. The number of amides is 3. The van der Waals surface area contributed by atoms with Crippen molar-refractivity contribution in [1.82, 2.24) is 10.2 Å². The smallest absolute Gasteiger partial charge is 0.321 e. The van der Waals surface area contributed by atoms with Crippen molar-refractivity contribution in [2.75, 3.05) is 25.0 Å². The molecule has 1 aliphatic rings. The standard InChI is InChI=1S/C19H29N3O2/c1-13(2)18(23)20-11-16-6-5-9-22(12-16)19(24)21-17-10-14(3)7-8-15(17)4/h7-8,10,13,16H,5-6,9,11-12H2,1-4H3,(H,20,23)(H,21,24)/t16-/m1/s1. The molecule has 1 heterocycles. The molecule has 2 N–H and O–H groups in total. The Morgan fingerprint density at radius 3 is 2.75 bits per heavy atom. The van der Waals surface area contributed by atoms with Gasteiger partial charge in [-0.1, -0.05) is 26.0 Å². The van der Waals surface area contributed by atoms with Crippen molar-refractivity contribution in [1.29, 1.82) is 0 Å². The highest BCUT2D eigenvalue weighted by atomic mass is 16.2. The van der Waals surface area contributed by atoms with E-state index < -0.39 is 0 Å². The number of aryl methyl sites for hydroxylation is 2. The Morgan fingerprint density at radius 1 is 1.29 bits per heavy atom. The number of benzene rings is 1. The third kappa shape index (κ3) is 4.98. The summed E-state index contributed by atoms with van der Waals surface area (Å²) in [4.78, 5) is 26.1. The Bertz CT molecular complexity index is 598. The predicted molar refractivity (Wildman–Crippen MR) is 97.1 cm³/mol. The lowest BCUT2D eigenvalue weighted by molar-refractivity contribution is -0.124. The van der Waals surface area contributed by atoms with Crippen molar-refractivity contribution in [3.63, 3.8) is 0 Å². The van der Waals surface area contributed by atoms with E-state index >= 15 is 0 Å². The van der Waals surface area contributed by atoms with Crippen LogP contribution in [0, 0.1) is 25.7 Å². The summed E-state index contributed by atoms with van der Waals surface area (Å²) in [6.07, 6.45) is 2.02. The molecule has 1 atom stereocenters. The minimum atomic E-state index is -0.0522. The molecule has 1 saturated heterocycles. The monoisotopic (exact) mass is 331 g/mol. The second-order valence-electron chi connectivity index (χ2n) is 7.10. The third-order valence-electron chi connectivity index (χ3n) is 4.53. The summed E-state index contributed by atoms with van der Waals surface area (Å²) >= 11 is 0. The van der Waals surface area contributed by atoms with Crippen molar-refractivity contribution in [2.45, 2.75) is 40.5 Å². The van der Waals surface area contributed by atoms with Gasteiger partial charge in [-0.15, -0.1) is 0 Å². The fraction of sp³-hybridized carbons (Fsp3) is 0.579. The molecule has 1 aromatic rings. The molecule has 3 amide bonds. The quantitative estimate of drug-likeness (QED) is 0.889. The van der Waals surface area contributed by atoms with Gasteiger partial charge < -0.3 is 15.5 Å². The first-order valence-electron chi connectivity index (χ1n) is 8.77. The average molecular weight is 331 g/mol. The van der Waals surface area contributed by atoms with Crippen LogP contribution in [-0.2, 0) is 4.79 Å². The van der Waals surface area contributed by atoms with E-state index in [1.54, 1.807) is 0 Å². The molecule has 5 heteroatoms. The molecule has 0 aliphatic carbocycles. The summed E-state index contributed by atoms with van der Waals surface area (Å²) in [6.45, 7) is 9.89. The van der Waals surface area contributed by atoms with Crippen LogP contribution in [0.1, 0.15) is 37.8 Å². The summed E-state index contributed by atoms with van der Waals surface area (Å²) in [5, 5.41) is 6.00. The highest BCUT2D eigenvalue weighted by Gasteiger charge is 2.24. The number of nitrogens with zero attached hydrogens (tertiary/aromatic N) is 1. The summed E-state index contributed by atoms with van der Waals surface area (Å²) in [6, 6.07) is 6.01. The molecule has 0 unspecified atom stereocenters. The number of likely N-dealkylation sites (tertiary alicyclic amines) is 1. The van der Waals surface area contributed by atoms with Crippen LogP contribution in [0.25, 0.3) is 0 Å². The molecule has 2 rings (SSSR count). The molecule has 0 bridgehead atoms. The van der Waals surface area contributed by atoms with Crippen molar-refractivity contribution >= 4 is 17.6 Å². The largest absolute Gasteiger partial charge is 0.356 e. The number of nitrogens with one attached hydrogen (secondary N) is 2. The Balaban J connectivity index is 1.90. The van der Waals surface area contributed by atoms with E-state index in [1.807, 2.05) is 50.8 Å². The molecule has 24 heavy (non-hydrogen) atoms. The second-order valence-corrected chi connectivity index (χ2v) is 7.10. The highest BCUT2D eigenvalue weighted by molar-refractivity contribution is 5.90. The van der Waals surface area contributed by atoms with Gasteiger partial charge in [0.05, 0.1) is 0 Å². The number of hydrogen-bond acceptors (Lipinski definition) is 2. The molecule has 0 radical (unpaired) electrons. The minimum Gasteiger partial charge on any atom is -0.356 e. The summed E-state index contributed by atoms with van der Waals surface area (Å²) in [5.74, 6) is 0.398. The lowest BCUT2D eigenvalue weighted by atomic mass is 9.98. The predicted octanol–water partition coefficient (Wildman–Crippen LogP) is 3.32. The van der Waals surface area contributed by atoms with Gasteiger partial charge in [0.2, 0.25) is 5.91 Å². The lowest BCUT2D eigenvalue weighted by Crippen LogP contribution is -2.45. The number of carbonyl (C=O) groups is 2. The second kappa shape index (κ2) is 8.18. The fourth-order valence-corrected chi connectivity index (χ4v) is 2.93. The van der Waals surface area contributed by atoms with Gasteiger partial charge in [0.25, 0.3) is 0 Å². The molecular weight excluding hydrogens is 302 g/mol. The van der Waals surface area contributed by atoms with Crippen molar-refractivity contribution in [2.24, 2.45) is 11.8 Å². The highest BCUT2D eigenvalue weighted by Crippen LogP contribution is 2.20. The SMILES string of the molecule is Cc1ccc(C)c(NC(=O)N2CCC[C@H](CNC(=O)C(C)C)C2)c1. The first-order valence-corrected chi connectivity index (χ1v) is 8.77. The molecule has 1 aromatic carbocycles. The molecular formula is C19H29N3O2. The van der Waals surface area contributed by atoms with E-state index in [0.717, 1.165) is 36.2 Å². The van der Waals surface area contributed by atoms with Crippen LogP contribution in [-0.4, -0.2) is 36.5 Å². The Morgan fingerprint density at radius 2 is 2.04 bits per heavy atom. The van der Waals surface area contributed by atoms with E-state index in [4.69, 9.17) is 0 Å². The van der Waals surface area contributed by atoms with Gasteiger partial charge in [-0.05, 0) is 49.8 Å². The maximum Gasteiger partial charge on any atom is 0.321 e. The molecule has 1 aliphatic heterocycles. The van der Waals surface area contributed by atoms with E-state index in [9.17, 15) is 9.59 Å². The van der Waals surface area contributed by atoms with Crippen molar-refractivity contribution in [3.8, 4) is 0 Å². The molecule has 0 aromatic heterocycles. The van der Waals surface area contributed by atoms with Crippen LogP contribution in [0.5, 0.6) is 0 Å². The van der Waals surface area contributed by atoms with E-state index in [2.05, 4.69) is 10.6 Å². The number of piperidine rings is 1. The zero-order valence-electron chi connectivity index (χ0n) is 15.2. The van der Waals surface area contributed by atoms with Gasteiger partial charge >= 0.3 is 6.03 Å². The van der Waals surface area contributed by atoms with Gasteiger partial charge in [-0.25, -0.2) is 4.79 Å². The normalized spacial score (nSPS) is 17.7. The molecule has 132 valence electrons. The third-order valence-corrected chi connectivity index (χ3v) is 4.53. The number of carbonyl (C=O) groups excluding carboxylic acids is 2. The summed E-state index contributed by atoms with van der Waals surface area (Å²) in [5.41, 5.74) is 3.06. The molecule has 5 nitrogen and oxygen atoms in total. The summed E-state index contributed by atoms with van der Waals surface area (Å²) < 4.78 is 0. The van der Waals surface area contributed by atoms with Crippen LogP contribution >= 0.6 is 0 Å². The van der Waals surface area contributed by atoms with Gasteiger partial charge in [-0.2, -0.15) is 0 Å². The Labute approximate surface area is 144 Å². The van der Waals surface area contributed by atoms with Gasteiger partial charge in [-0.3, -0.25) is 4.79 Å². The minimum absolute atomic E-state index is 0.00251. The zero-order valence-corrected chi connectivity index (χ0v) is 15.2. The van der Waals surface area contributed by atoms with Crippen LogP contribution in [0.3, 0.4) is 0 Å². The maximum atomic E-state index is 12.6. The van der Waals surface area contributed by atoms with E-state index in [0.29, 0.717) is 19.0 Å². The first kappa shape index (κ1) is 18.3. The fourth-order valence-electron chi connectivity index (χ4n) is 2.93. The maximum absolute atomic E-state index is 12.6. The van der Waals surface area contributed by atoms with E-state index in [1.165, 1.54) is 0 Å². The van der Waals surface area contributed by atoms with Crippen molar-refractivity contribution < 1.29 is 9.59 Å². The van der Waals surface area contributed by atoms with Gasteiger partial charge in [0, 0.05) is 31.2 Å². The topological polar surface area (TPSA) is 61.4 Å². The molecule has 0 saturated carbocycles. The van der Waals surface area contributed by atoms with Gasteiger partial charge in [0.15, 0.2) is 0 Å². The van der Waals surface area contributed by atoms with Crippen molar-refractivity contribution in [3.05, 3.63) is 29.3 Å². The lowest BCUT2D eigenvalue weighted by Gasteiger charge is -2.33. The number of hydrogen-bond donors (Lipinski definition) is 2. The van der Waals surface area contributed by atoms with Crippen LogP contribution in [0.15, 0.2) is 18.2 Å². The zero-order chi connectivity index (χ0) is 17.7. The van der Waals surface area contributed by atoms with Crippen LogP contribution in [0.4, 0.5) is 10.5 Å². The number of rotatable bonds is 4. The van der Waals surface area contributed by atoms with Crippen LogP contribution in [0.2, 0.25) is 0 Å².